The standard InChI is InChI=1S/C9H9NS/c11-6-7-5-10-9-4-2-1-3-8(7)9/h1-4,11H,5-6H2. The molecule has 0 saturated heterocycles. The van der Waals surface area contributed by atoms with Gasteiger partial charge < -0.3 is 0 Å². The van der Waals surface area contributed by atoms with Gasteiger partial charge in [0.25, 0.3) is 0 Å². The second kappa shape index (κ2) is 2.70. The highest BCUT2D eigenvalue weighted by Gasteiger charge is 2.02. The smallest absolute Gasteiger partial charge is 0.0651 e. The summed E-state index contributed by atoms with van der Waals surface area (Å²) in [5.74, 6) is 0.820. The maximum absolute atomic E-state index is 4.37. The Morgan fingerprint density at radius 1 is 1.36 bits per heavy atom. The molecule has 0 amide bonds. The van der Waals surface area contributed by atoms with Crippen LogP contribution in [0.2, 0.25) is 0 Å². The van der Waals surface area contributed by atoms with Crippen molar-refractivity contribution in [1.82, 2.24) is 0 Å². The van der Waals surface area contributed by atoms with E-state index in [1.807, 2.05) is 18.2 Å². The van der Waals surface area contributed by atoms with Crippen LogP contribution in [0.4, 0.5) is 0 Å². The van der Waals surface area contributed by atoms with Crippen molar-refractivity contribution in [3.8, 4) is 0 Å². The molecule has 0 saturated carbocycles. The van der Waals surface area contributed by atoms with Gasteiger partial charge in [-0.1, -0.05) is 18.2 Å². The monoisotopic (exact) mass is 163 g/mol. The molecule has 1 aromatic rings. The summed E-state index contributed by atoms with van der Waals surface area (Å²) in [6, 6.07) is 8.22. The van der Waals surface area contributed by atoms with Gasteiger partial charge in [-0.15, -0.1) is 0 Å². The SMILES string of the molecule is SCC1=c2ccccc2=NC1. The molecule has 0 radical (unpaired) electrons. The Bertz CT molecular complexity index is 381. The summed E-state index contributed by atoms with van der Waals surface area (Å²) in [7, 11) is 0. The summed E-state index contributed by atoms with van der Waals surface area (Å²) >= 11 is 4.24. The van der Waals surface area contributed by atoms with Crippen molar-refractivity contribution in [3.63, 3.8) is 0 Å². The summed E-state index contributed by atoms with van der Waals surface area (Å²) in [6.45, 7) is 0.836. The van der Waals surface area contributed by atoms with Crippen LogP contribution in [0.15, 0.2) is 29.3 Å². The summed E-state index contributed by atoms with van der Waals surface area (Å²) in [4.78, 5) is 4.37. The van der Waals surface area contributed by atoms with E-state index in [9.17, 15) is 0 Å². The second-order valence-electron chi connectivity index (χ2n) is 2.60. The summed E-state index contributed by atoms with van der Waals surface area (Å²) in [5.41, 5.74) is 1.34. The van der Waals surface area contributed by atoms with Gasteiger partial charge in [0.1, 0.15) is 0 Å². The highest BCUT2D eigenvalue weighted by atomic mass is 32.1. The maximum atomic E-state index is 4.37. The minimum absolute atomic E-state index is 0.820. The van der Waals surface area contributed by atoms with Gasteiger partial charge in [0.15, 0.2) is 0 Å². The predicted molar refractivity (Wildman–Crippen MR) is 49.4 cm³/mol. The summed E-state index contributed by atoms with van der Waals surface area (Å²) < 4.78 is 0. The molecule has 0 bridgehead atoms. The van der Waals surface area contributed by atoms with Crippen LogP contribution in [0.5, 0.6) is 0 Å². The van der Waals surface area contributed by atoms with E-state index in [-0.39, 0.29) is 0 Å². The molecule has 2 heteroatoms. The Kier molecular flexibility index (Phi) is 1.70. The molecule has 0 aliphatic carbocycles. The Balaban J connectivity index is 2.79. The number of thiol groups is 1. The van der Waals surface area contributed by atoms with Gasteiger partial charge in [-0.05, 0) is 11.6 Å². The van der Waals surface area contributed by atoms with E-state index in [0.29, 0.717) is 0 Å². The Labute approximate surface area is 70.9 Å². The third-order valence-corrected chi connectivity index (χ3v) is 2.30. The lowest BCUT2D eigenvalue weighted by atomic mass is 10.2. The topological polar surface area (TPSA) is 12.4 Å². The average Bonchev–Trinajstić information content (AvgIpc) is 2.47. The van der Waals surface area contributed by atoms with Gasteiger partial charge in [-0.3, -0.25) is 4.99 Å². The number of hydrogen-bond acceptors (Lipinski definition) is 2. The lowest BCUT2D eigenvalue weighted by molar-refractivity contribution is 1.20. The number of rotatable bonds is 1. The van der Waals surface area contributed by atoms with Crippen molar-refractivity contribution < 1.29 is 0 Å². The van der Waals surface area contributed by atoms with E-state index < -0.39 is 0 Å². The highest BCUT2D eigenvalue weighted by Crippen LogP contribution is 1.98. The largest absolute Gasteiger partial charge is 0.280 e. The molecule has 56 valence electrons. The molecule has 0 aromatic heterocycles. The van der Waals surface area contributed by atoms with Crippen molar-refractivity contribution in [1.29, 1.82) is 0 Å². The first-order valence-corrected chi connectivity index (χ1v) is 4.27. The van der Waals surface area contributed by atoms with Crippen LogP contribution in [-0.2, 0) is 0 Å². The van der Waals surface area contributed by atoms with Crippen LogP contribution in [0.25, 0.3) is 5.57 Å². The summed E-state index contributed by atoms with van der Waals surface area (Å²) in [5, 5.41) is 2.40. The van der Waals surface area contributed by atoms with Crippen molar-refractivity contribution in [3.05, 3.63) is 34.8 Å². The third kappa shape index (κ3) is 1.07. The lowest BCUT2D eigenvalue weighted by Gasteiger charge is -1.90. The minimum Gasteiger partial charge on any atom is -0.280 e. The fourth-order valence-corrected chi connectivity index (χ4v) is 1.58. The molecule has 1 nitrogen and oxygen atoms in total. The number of fused-ring (bicyclic) bond motifs is 1. The average molecular weight is 163 g/mol. The quantitative estimate of drug-likeness (QED) is 0.575. The molecule has 0 unspecified atom stereocenters. The zero-order valence-corrected chi connectivity index (χ0v) is 7.01. The van der Waals surface area contributed by atoms with Crippen LogP contribution >= 0.6 is 12.6 Å². The summed E-state index contributed by atoms with van der Waals surface area (Å²) in [6.07, 6.45) is 0. The number of benzene rings is 1. The van der Waals surface area contributed by atoms with Crippen LogP contribution in [0, 0.1) is 0 Å². The lowest BCUT2D eigenvalue weighted by Crippen LogP contribution is -2.22. The molecule has 11 heavy (non-hydrogen) atoms. The molecule has 0 spiro atoms. The van der Waals surface area contributed by atoms with Gasteiger partial charge in [-0.25, -0.2) is 0 Å². The molecule has 1 heterocycles. The molecule has 0 fully saturated rings. The highest BCUT2D eigenvalue weighted by molar-refractivity contribution is 7.80. The van der Waals surface area contributed by atoms with E-state index in [4.69, 9.17) is 0 Å². The number of para-hydroxylation sites is 1. The van der Waals surface area contributed by atoms with E-state index in [0.717, 1.165) is 17.7 Å². The van der Waals surface area contributed by atoms with Gasteiger partial charge >= 0.3 is 0 Å². The molecular weight excluding hydrogens is 154 g/mol. The first kappa shape index (κ1) is 6.92. The van der Waals surface area contributed by atoms with E-state index >= 15 is 0 Å². The van der Waals surface area contributed by atoms with Crippen molar-refractivity contribution in [2.24, 2.45) is 4.99 Å². The number of hydrogen-bond donors (Lipinski definition) is 1. The number of nitrogens with zero attached hydrogens (tertiary/aromatic N) is 1. The predicted octanol–water partition coefficient (Wildman–Crippen LogP) is 0.400. The molecule has 0 atom stereocenters. The van der Waals surface area contributed by atoms with E-state index in [1.54, 1.807) is 0 Å². The minimum atomic E-state index is 0.820. The van der Waals surface area contributed by atoms with Gasteiger partial charge in [0, 0.05) is 11.0 Å². The van der Waals surface area contributed by atoms with E-state index in [1.165, 1.54) is 10.8 Å². The maximum Gasteiger partial charge on any atom is 0.0651 e. The molecule has 2 rings (SSSR count). The van der Waals surface area contributed by atoms with Gasteiger partial charge in [0.05, 0.1) is 11.9 Å². The van der Waals surface area contributed by atoms with Gasteiger partial charge in [0.2, 0.25) is 0 Å². The zero-order valence-electron chi connectivity index (χ0n) is 6.12. The van der Waals surface area contributed by atoms with Crippen LogP contribution < -0.4 is 10.6 Å². The van der Waals surface area contributed by atoms with Crippen LogP contribution in [0.3, 0.4) is 0 Å². The van der Waals surface area contributed by atoms with Crippen molar-refractivity contribution in [2.75, 3.05) is 12.3 Å². The Morgan fingerprint density at radius 3 is 3.00 bits per heavy atom. The molecule has 0 N–H and O–H groups in total. The molecule has 1 aromatic carbocycles. The van der Waals surface area contributed by atoms with Crippen molar-refractivity contribution in [2.45, 2.75) is 0 Å². The second-order valence-corrected chi connectivity index (χ2v) is 2.91. The molecule has 1 aliphatic heterocycles. The van der Waals surface area contributed by atoms with Crippen LogP contribution in [-0.4, -0.2) is 12.3 Å². The first-order valence-electron chi connectivity index (χ1n) is 3.64. The van der Waals surface area contributed by atoms with Crippen LogP contribution in [0.1, 0.15) is 0 Å². The zero-order chi connectivity index (χ0) is 7.68. The van der Waals surface area contributed by atoms with E-state index in [2.05, 4.69) is 23.7 Å². The normalized spacial score (nSPS) is 14.5. The first-order chi connectivity index (χ1) is 5.42. The molecular formula is C9H9NS. The molecule has 1 aliphatic rings. The van der Waals surface area contributed by atoms with Gasteiger partial charge in [-0.2, -0.15) is 12.6 Å². The Morgan fingerprint density at radius 2 is 2.18 bits per heavy atom. The van der Waals surface area contributed by atoms with Crippen molar-refractivity contribution >= 4 is 18.2 Å². The Hall–Kier alpha value is -0.760. The third-order valence-electron chi connectivity index (χ3n) is 1.92. The fraction of sp³-hybridized carbons (Fsp3) is 0.222. The fourth-order valence-electron chi connectivity index (χ4n) is 1.31.